The number of rotatable bonds is 3. The van der Waals surface area contributed by atoms with E-state index < -0.39 is 0 Å². The molecule has 0 saturated carbocycles. The van der Waals surface area contributed by atoms with Gasteiger partial charge in [0.05, 0.1) is 0 Å². The van der Waals surface area contributed by atoms with Gasteiger partial charge in [-0.1, -0.05) is 59.7 Å². The number of furan rings is 1. The molecule has 4 rings (SSSR count). The summed E-state index contributed by atoms with van der Waals surface area (Å²) in [5.41, 5.74) is 4.90. The lowest BCUT2D eigenvalue weighted by Gasteiger charge is -2.37. The molecule has 1 aliphatic rings. The molecule has 138 valence electrons. The van der Waals surface area contributed by atoms with Crippen molar-refractivity contribution in [2.24, 2.45) is 0 Å². The van der Waals surface area contributed by atoms with Gasteiger partial charge in [0.1, 0.15) is 10.7 Å². The molecule has 1 saturated heterocycles. The Morgan fingerprint density at radius 2 is 1.37 bits per heavy atom. The molecule has 1 aliphatic heterocycles. The zero-order valence-corrected chi connectivity index (χ0v) is 16.6. The average Bonchev–Trinajstić information content (AvgIpc) is 3.19. The van der Waals surface area contributed by atoms with Gasteiger partial charge in [-0.2, -0.15) is 0 Å². The first-order valence-electron chi connectivity index (χ1n) is 9.38. The van der Waals surface area contributed by atoms with Gasteiger partial charge in [-0.15, -0.1) is 0 Å². The largest absolute Gasteiger partial charge is 0.454 e. The molecular formula is C23H24N2OS. The summed E-state index contributed by atoms with van der Waals surface area (Å²) < 4.78 is 6.05. The zero-order valence-electron chi connectivity index (χ0n) is 15.8. The summed E-state index contributed by atoms with van der Waals surface area (Å²) >= 11 is 5.71. The van der Waals surface area contributed by atoms with E-state index in [1.54, 1.807) is 0 Å². The van der Waals surface area contributed by atoms with Gasteiger partial charge < -0.3 is 14.2 Å². The highest BCUT2D eigenvalue weighted by molar-refractivity contribution is 7.80. The van der Waals surface area contributed by atoms with E-state index in [2.05, 4.69) is 72.2 Å². The molecule has 0 amide bonds. The third kappa shape index (κ3) is 3.91. The molecule has 1 aromatic heterocycles. The van der Waals surface area contributed by atoms with Crippen molar-refractivity contribution in [2.45, 2.75) is 13.8 Å². The second kappa shape index (κ2) is 7.57. The van der Waals surface area contributed by atoms with Crippen LogP contribution in [0.3, 0.4) is 0 Å². The predicted molar refractivity (Wildman–Crippen MR) is 116 cm³/mol. The van der Waals surface area contributed by atoms with Crippen molar-refractivity contribution in [3.63, 3.8) is 0 Å². The molecule has 3 aromatic rings. The summed E-state index contributed by atoms with van der Waals surface area (Å²) in [4.78, 5) is 5.47. The minimum atomic E-state index is 0.782. The highest BCUT2D eigenvalue weighted by atomic mass is 32.1. The summed E-state index contributed by atoms with van der Waals surface area (Å²) in [7, 11) is 0. The Kier molecular flexibility index (Phi) is 4.99. The topological polar surface area (TPSA) is 19.6 Å². The normalized spacial score (nSPS) is 14.4. The molecule has 3 nitrogen and oxygen atoms in total. The van der Waals surface area contributed by atoms with Gasteiger partial charge in [0.25, 0.3) is 0 Å². The van der Waals surface area contributed by atoms with Crippen LogP contribution in [0.1, 0.15) is 16.9 Å². The lowest BCUT2D eigenvalue weighted by atomic mass is 10.1. The van der Waals surface area contributed by atoms with Crippen LogP contribution in [-0.4, -0.2) is 36.1 Å². The lowest BCUT2D eigenvalue weighted by Crippen LogP contribution is -2.48. The number of anilines is 1. The maximum atomic E-state index is 6.05. The number of thiocarbonyl (C=S) groups is 1. The van der Waals surface area contributed by atoms with Crippen LogP contribution in [0.15, 0.2) is 65.1 Å². The van der Waals surface area contributed by atoms with Gasteiger partial charge in [-0.3, -0.25) is 0 Å². The third-order valence-corrected chi connectivity index (χ3v) is 5.58. The van der Waals surface area contributed by atoms with E-state index in [9.17, 15) is 0 Å². The molecule has 27 heavy (non-hydrogen) atoms. The van der Waals surface area contributed by atoms with Gasteiger partial charge in [0, 0.05) is 37.4 Å². The van der Waals surface area contributed by atoms with Gasteiger partial charge >= 0.3 is 0 Å². The van der Waals surface area contributed by atoms with Crippen LogP contribution in [0, 0.1) is 13.8 Å². The quantitative estimate of drug-likeness (QED) is 0.595. The summed E-state index contributed by atoms with van der Waals surface area (Å²) in [5, 5.41) is 0. The molecule has 0 aliphatic carbocycles. The van der Waals surface area contributed by atoms with Crippen molar-refractivity contribution in [3.8, 4) is 11.3 Å². The second-order valence-corrected chi connectivity index (χ2v) is 7.53. The van der Waals surface area contributed by atoms with Crippen LogP contribution in [0.2, 0.25) is 0 Å². The molecule has 2 heterocycles. The van der Waals surface area contributed by atoms with E-state index in [0.29, 0.717) is 0 Å². The van der Waals surface area contributed by atoms with E-state index in [4.69, 9.17) is 16.6 Å². The Morgan fingerprint density at radius 1 is 0.778 bits per heavy atom. The molecular weight excluding hydrogens is 352 g/mol. The molecule has 0 spiro atoms. The van der Waals surface area contributed by atoms with Crippen molar-refractivity contribution in [1.82, 2.24) is 4.90 Å². The van der Waals surface area contributed by atoms with E-state index in [1.165, 1.54) is 16.8 Å². The molecule has 4 heteroatoms. The molecule has 0 N–H and O–H groups in total. The average molecular weight is 377 g/mol. The highest BCUT2D eigenvalue weighted by Gasteiger charge is 2.22. The monoisotopic (exact) mass is 376 g/mol. The van der Waals surface area contributed by atoms with Crippen LogP contribution in [-0.2, 0) is 0 Å². The molecule has 1 fully saturated rings. The van der Waals surface area contributed by atoms with E-state index in [0.717, 1.165) is 48.3 Å². The molecule has 0 atom stereocenters. The summed E-state index contributed by atoms with van der Waals surface area (Å²) in [6, 6.07) is 21.1. The van der Waals surface area contributed by atoms with Crippen molar-refractivity contribution < 1.29 is 4.42 Å². The summed E-state index contributed by atoms with van der Waals surface area (Å²) in [6.07, 6.45) is 0. The van der Waals surface area contributed by atoms with Crippen LogP contribution < -0.4 is 4.90 Å². The third-order valence-electron chi connectivity index (χ3n) is 5.12. The minimum absolute atomic E-state index is 0.782. The van der Waals surface area contributed by atoms with Crippen molar-refractivity contribution in [2.75, 3.05) is 31.1 Å². The standard InChI is InChI=1S/C23H24N2OS/c1-17-3-7-19(8-4-17)21-11-12-22(26-21)23(27)25-15-13-24(14-16-25)20-9-5-18(2)6-10-20/h3-12H,13-16H2,1-2H3. The maximum absolute atomic E-state index is 6.05. The maximum Gasteiger partial charge on any atom is 0.162 e. The first kappa shape index (κ1) is 17.8. The van der Waals surface area contributed by atoms with Gasteiger partial charge in [0.2, 0.25) is 0 Å². The fourth-order valence-corrected chi connectivity index (χ4v) is 3.70. The Hall–Kier alpha value is -2.59. The van der Waals surface area contributed by atoms with Crippen LogP contribution >= 0.6 is 12.2 Å². The van der Waals surface area contributed by atoms with Crippen LogP contribution in [0.25, 0.3) is 11.3 Å². The van der Waals surface area contributed by atoms with Crippen LogP contribution in [0.5, 0.6) is 0 Å². The first-order valence-corrected chi connectivity index (χ1v) is 9.79. The molecule has 0 radical (unpaired) electrons. The summed E-state index contributed by atoms with van der Waals surface area (Å²) in [6.45, 7) is 7.96. The number of aryl methyl sites for hydroxylation is 2. The zero-order chi connectivity index (χ0) is 18.8. The number of hydrogen-bond donors (Lipinski definition) is 0. The minimum Gasteiger partial charge on any atom is -0.454 e. The Balaban J connectivity index is 1.41. The Morgan fingerprint density at radius 3 is 2.00 bits per heavy atom. The van der Waals surface area contributed by atoms with Gasteiger partial charge in [-0.25, -0.2) is 0 Å². The fourth-order valence-electron chi connectivity index (χ4n) is 3.40. The predicted octanol–water partition coefficient (Wildman–Crippen LogP) is 5.06. The first-order chi connectivity index (χ1) is 13.1. The molecule has 0 unspecified atom stereocenters. The van der Waals surface area contributed by atoms with Gasteiger partial charge in [-0.05, 0) is 38.1 Å². The number of nitrogens with zero attached hydrogens (tertiary/aromatic N) is 2. The smallest absolute Gasteiger partial charge is 0.162 e. The Bertz CT molecular complexity index is 920. The van der Waals surface area contributed by atoms with E-state index in [-0.39, 0.29) is 0 Å². The van der Waals surface area contributed by atoms with Gasteiger partial charge in [0.15, 0.2) is 5.76 Å². The molecule has 0 bridgehead atoms. The summed E-state index contributed by atoms with van der Waals surface area (Å²) in [5.74, 6) is 1.65. The Labute approximate surface area is 166 Å². The van der Waals surface area contributed by atoms with Crippen molar-refractivity contribution >= 4 is 22.9 Å². The number of hydrogen-bond acceptors (Lipinski definition) is 3. The van der Waals surface area contributed by atoms with E-state index >= 15 is 0 Å². The fraction of sp³-hybridized carbons (Fsp3) is 0.261. The van der Waals surface area contributed by atoms with Crippen molar-refractivity contribution in [3.05, 3.63) is 77.6 Å². The highest BCUT2D eigenvalue weighted by Crippen LogP contribution is 2.24. The van der Waals surface area contributed by atoms with Crippen molar-refractivity contribution in [1.29, 1.82) is 0 Å². The molecule has 2 aromatic carbocycles. The lowest BCUT2D eigenvalue weighted by molar-refractivity contribution is 0.385. The second-order valence-electron chi connectivity index (χ2n) is 7.14. The number of benzene rings is 2. The number of piperazine rings is 1. The van der Waals surface area contributed by atoms with E-state index in [1.807, 2.05) is 12.1 Å². The SMILES string of the molecule is Cc1ccc(-c2ccc(C(=S)N3CCN(c4ccc(C)cc4)CC3)o2)cc1. The van der Waals surface area contributed by atoms with Crippen LogP contribution in [0.4, 0.5) is 5.69 Å².